The van der Waals surface area contributed by atoms with Gasteiger partial charge in [-0.3, -0.25) is 4.79 Å². The molecule has 0 bridgehead atoms. The van der Waals surface area contributed by atoms with Crippen LogP contribution in [-0.4, -0.2) is 12.6 Å². The van der Waals surface area contributed by atoms with Crippen LogP contribution in [0.5, 0.6) is 5.75 Å². The maximum atomic E-state index is 13.5. The maximum absolute atomic E-state index is 13.5. The quantitative estimate of drug-likeness (QED) is 0.747. The van der Waals surface area contributed by atoms with Crippen LogP contribution in [0.1, 0.15) is 18.1 Å². The van der Waals surface area contributed by atoms with E-state index in [-0.39, 0.29) is 24.7 Å². The fraction of sp³-hybridized carbons (Fsp3) is 0.364. The summed E-state index contributed by atoms with van der Waals surface area (Å²) >= 11 is 0. The van der Waals surface area contributed by atoms with Crippen molar-refractivity contribution in [2.75, 3.05) is 6.79 Å². The summed E-state index contributed by atoms with van der Waals surface area (Å²) in [5, 5.41) is 0. The van der Waals surface area contributed by atoms with Gasteiger partial charge in [0, 0.05) is 12.0 Å². The molecule has 1 heterocycles. The van der Waals surface area contributed by atoms with Crippen molar-refractivity contribution in [3.05, 3.63) is 29.1 Å². The van der Waals surface area contributed by atoms with Gasteiger partial charge in [0.1, 0.15) is 5.78 Å². The lowest BCUT2D eigenvalue weighted by Gasteiger charge is -2.18. The van der Waals surface area contributed by atoms with Crippen LogP contribution in [0.2, 0.25) is 0 Å². The second kappa shape index (κ2) is 3.98. The van der Waals surface area contributed by atoms with Gasteiger partial charge in [-0.25, -0.2) is 4.39 Å². The molecule has 0 amide bonds. The van der Waals surface area contributed by atoms with Crippen molar-refractivity contribution in [3.63, 3.8) is 0 Å². The highest BCUT2D eigenvalue weighted by atomic mass is 19.1. The molecule has 0 fully saturated rings. The van der Waals surface area contributed by atoms with E-state index in [4.69, 9.17) is 9.47 Å². The van der Waals surface area contributed by atoms with Gasteiger partial charge in [-0.05, 0) is 24.6 Å². The SMILES string of the molecule is CC(=O)Cc1cc(F)c2c(c1)COCO2. The Balaban J connectivity index is 2.36. The third-order valence-corrected chi connectivity index (χ3v) is 2.18. The average Bonchev–Trinajstić information content (AvgIpc) is 2.16. The number of rotatable bonds is 2. The molecule has 3 nitrogen and oxygen atoms in total. The Labute approximate surface area is 86.8 Å². The number of ether oxygens (including phenoxy) is 2. The number of Topliss-reactive ketones (excluding diaryl/α,β-unsaturated/α-hetero) is 1. The van der Waals surface area contributed by atoms with Crippen LogP contribution >= 0.6 is 0 Å². The summed E-state index contributed by atoms with van der Waals surface area (Å²) < 4.78 is 23.6. The van der Waals surface area contributed by atoms with Crippen molar-refractivity contribution < 1.29 is 18.7 Å². The summed E-state index contributed by atoms with van der Waals surface area (Å²) in [5.74, 6) is -0.174. The lowest BCUT2D eigenvalue weighted by Crippen LogP contribution is -2.13. The van der Waals surface area contributed by atoms with E-state index in [2.05, 4.69) is 0 Å². The number of fused-ring (bicyclic) bond motifs is 1. The first-order chi connectivity index (χ1) is 7.16. The van der Waals surface area contributed by atoms with E-state index in [0.717, 1.165) is 0 Å². The van der Waals surface area contributed by atoms with E-state index < -0.39 is 5.82 Å². The highest BCUT2D eigenvalue weighted by Gasteiger charge is 2.16. The highest BCUT2D eigenvalue weighted by Crippen LogP contribution is 2.28. The Hall–Kier alpha value is -1.42. The molecule has 1 aliphatic heterocycles. The predicted octanol–water partition coefficient (Wildman–Crippen LogP) is 1.82. The third kappa shape index (κ3) is 2.15. The topological polar surface area (TPSA) is 35.5 Å². The Morgan fingerprint density at radius 3 is 3.07 bits per heavy atom. The molecule has 0 spiro atoms. The van der Waals surface area contributed by atoms with Crippen LogP contribution in [0.15, 0.2) is 12.1 Å². The summed E-state index contributed by atoms with van der Waals surface area (Å²) in [7, 11) is 0. The minimum absolute atomic E-state index is 0.00648. The predicted molar refractivity (Wildman–Crippen MR) is 51.1 cm³/mol. The first-order valence-corrected chi connectivity index (χ1v) is 4.68. The number of carbonyl (C=O) groups excluding carboxylic acids is 1. The van der Waals surface area contributed by atoms with E-state index in [9.17, 15) is 9.18 Å². The number of carbonyl (C=O) groups is 1. The number of hydrogen-bond donors (Lipinski definition) is 0. The molecule has 0 radical (unpaired) electrons. The highest BCUT2D eigenvalue weighted by molar-refractivity contribution is 5.78. The molecule has 0 aromatic heterocycles. The maximum Gasteiger partial charge on any atom is 0.189 e. The van der Waals surface area contributed by atoms with Crippen LogP contribution < -0.4 is 4.74 Å². The Morgan fingerprint density at radius 2 is 2.33 bits per heavy atom. The zero-order chi connectivity index (χ0) is 10.8. The van der Waals surface area contributed by atoms with Gasteiger partial charge in [-0.15, -0.1) is 0 Å². The Bertz CT molecular complexity index is 401. The molecule has 0 saturated heterocycles. The van der Waals surface area contributed by atoms with Crippen molar-refractivity contribution in [2.45, 2.75) is 20.0 Å². The molecule has 1 aromatic rings. The molecule has 80 valence electrons. The minimum atomic E-state index is -0.424. The number of benzene rings is 1. The average molecular weight is 210 g/mol. The fourth-order valence-electron chi connectivity index (χ4n) is 1.62. The summed E-state index contributed by atoms with van der Waals surface area (Å²) in [6, 6.07) is 3.09. The van der Waals surface area contributed by atoms with Gasteiger partial charge in [-0.2, -0.15) is 0 Å². The Morgan fingerprint density at radius 1 is 1.53 bits per heavy atom. The van der Waals surface area contributed by atoms with Crippen molar-refractivity contribution >= 4 is 5.78 Å². The van der Waals surface area contributed by atoms with Crippen molar-refractivity contribution in [1.29, 1.82) is 0 Å². The van der Waals surface area contributed by atoms with Gasteiger partial charge < -0.3 is 9.47 Å². The van der Waals surface area contributed by atoms with Crippen LogP contribution in [-0.2, 0) is 22.6 Å². The first-order valence-electron chi connectivity index (χ1n) is 4.68. The second-order valence-electron chi connectivity index (χ2n) is 3.56. The third-order valence-electron chi connectivity index (χ3n) is 2.18. The smallest absolute Gasteiger partial charge is 0.189 e. The zero-order valence-corrected chi connectivity index (χ0v) is 8.38. The van der Waals surface area contributed by atoms with Gasteiger partial charge in [-0.1, -0.05) is 0 Å². The summed E-state index contributed by atoms with van der Waals surface area (Å²) in [5.41, 5.74) is 1.32. The second-order valence-corrected chi connectivity index (χ2v) is 3.56. The molecule has 0 unspecified atom stereocenters. The standard InChI is InChI=1S/C11H11FO3/c1-7(13)2-8-3-9-5-14-6-15-11(9)10(12)4-8/h3-4H,2,5-6H2,1H3. The molecular formula is C11H11FO3. The first kappa shape index (κ1) is 10.1. The molecule has 4 heteroatoms. The van der Waals surface area contributed by atoms with Gasteiger partial charge in [0.05, 0.1) is 6.61 Å². The lowest BCUT2D eigenvalue weighted by atomic mass is 10.0. The van der Waals surface area contributed by atoms with Gasteiger partial charge in [0.25, 0.3) is 0 Å². The van der Waals surface area contributed by atoms with E-state index in [1.54, 1.807) is 6.07 Å². The normalized spacial score (nSPS) is 14.3. The Kier molecular flexibility index (Phi) is 2.68. The zero-order valence-electron chi connectivity index (χ0n) is 8.38. The van der Waals surface area contributed by atoms with Gasteiger partial charge >= 0.3 is 0 Å². The van der Waals surface area contributed by atoms with Crippen LogP contribution in [0.3, 0.4) is 0 Å². The van der Waals surface area contributed by atoms with Crippen molar-refractivity contribution in [3.8, 4) is 5.75 Å². The molecule has 0 atom stereocenters. The summed E-state index contributed by atoms with van der Waals surface area (Å²) in [6.07, 6.45) is 0.240. The summed E-state index contributed by atoms with van der Waals surface area (Å²) in [6.45, 7) is 1.89. The molecule has 0 aliphatic carbocycles. The lowest BCUT2D eigenvalue weighted by molar-refractivity contribution is -0.116. The minimum Gasteiger partial charge on any atom is -0.464 e. The van der Waals surface area contributed by atoms with Crippen molar-refractivity contribution in [1.82, 2.24) is 0 Å². The van der Waals surface area contributed by atoms with E-state index in [1.807, 2.05) is 0 Å². The van der Waals surface area contributed by atoms with E-state index in [1.165, 1.54) is 13.0 Å². The van der Waals surface area contributed by atoms with Gasteiger partial charge in [0.2, 0.25) is 0 Å². The molecule has 0 N–H and O–H groups in total. The molecule has 15 heavy (non-hydrogen) atoms. The molecule has 2 rings (SSSR count). The molecule has 1 aromatic carbocycles. The van der Waals surface area contributed by atoms with Crippen LogP contribution in [0.4, 0.5) is 4.39 Å². The van der Waals surface area contributed by atoms with Crippen LogP contribution in [0.25, 0.3) is 0 Å². The largest absolute Gasteiger partial charge is 0.464 e. The fourth-order valence-corrected chi connectivity index (χ4v) is 1.62. The number of hydrogen-bond acceptors (Lipinski definition) is 3. The van der Waals surface area contributed by atoms with Gasteiger partial charge in [0.15, 0.2) is 18.4 Å². The van der Waals surface area contributed by atoms with E-state index >= 15 is 0 Å². The van der Waals surface area contributed by atoms with Crippen molar-refractivity contribution in [2.24, 2.45) is 0 Å². The number of ketones is 1. The van der Waals surface area contributed by atoms with Crippen LogP contribution in [0, 0.1) is 5.82 Å². The monoisotopic (exact) mass is 210 g/mol. The summed E-state index contributed by atoms with van der Waals surface area (Å²) in [4.78, 5) is 10.9. The van der Waals surface area contributed by atoms with E-state index in [0.29, 0.717) is 17.7 Å². The molecule has 0 saturated carbocycles. The molecular weight excluding hydrogens is 199 g/mol. The molecule has 1 aliphatic rings. The number of halogens is 1.